The zero-order chi connectivity index (χ0) is 15.1. The molecule has 0 amide bonds. The first-order valence-corrected chi connectivity index (χ1v) is 7.33. The van der Waals surface area contributed by atoms with E-state index in [1.807, 2.05) is 26.1 Å². The van der Waals surface area contributed by atoms with Crippen molar-refractivity contribution in [2.45, 2.75) is 20.3 Å². The van der Waals surface area contributed by atoms with Crippen molar-refractivity contribution in [2.24, 2.45) is 5.92 Å². The van der Waals surface area contributed by atoms with Crippen LogP contribution in [0.4, 0.5) is 0 Å². The standard InChI is InChI=1S/C14H18Cl2N2O2/c1-3-17-9-11(8-15)10(2)12-6-4-5-7-13(16)14(12)18(19)20/h4,6-7,9-10,17H,3,5,8H2,1-2H3/b11-9-. The lowest BCUT2D eigenvalue weighted by Crippen LogP contribution is -2.14. The van der Waals surface area contributed by atoms with E-state index in [1.165, 1.54) is 0 Å². The fourth-order valence-corrected chi connectivity index (χ4v) is 2.51. The Hall–Kier alpha value is -1.26. The third kappa shape index (κ3) is 4.12. The summed E-state index contributed by atoms with van der Waals surface area (Å²) in [5, 5.41) is 14.5. The lowest BCUT2D eigenvalue weighted by Gasteiger charge is -2.16. The number of halogens is 2. The van der Waals surface area contributed by atoms with E-state index in [0.29, 0.717) is 17.9 Å². The number of nitro groups is 1. The first-order chi connectivity index (χ1) is 9.52. The Kier molecular flexibility index (Phi) is 6.82. The average Bonchev–Trinajstić information content (AvgIpc) is 2.61. The summed E-state index contributed by atoms with van der Waals surface area (Å²) in [6.45, 7) is 4.63. The predicted octanol–water partition coefficient (Wildman–Crippen LogP) is 3.97. The molecule has 0 saturated heterocycles. The minimum atomic E-state index is -0.431. The van der Waals surface area contributed by atoms with Gasteiger partial charge in [-0.05, 0) is 25.1 Å². The molecule has 0 radical (unpaired) electrons. The molecule has 1 atom stereocenters. The first kappa shape index (κ1) is 16.8. The lowest BCUT2D eigenvalue weighted by atomic mass is 9.92. The van der Waals surface area contributed by atoms with Gasteiger partial charge in [0.25, 0.3) is 5.70 Å². The predicted molar refractivity (Wildman–Crippen MR) is 83.4 cm³/mol. The summed E-state index contributed by atoms with van der Waals surface area (Å²) < 4.78 is 0. The maximum Gasteiger partial charge on any atom is 0.291 e. The zero-order valence-corrected chi connectivity index (χ0v) is 13.0. The van der Waals surface area contributed by atoms with Gasteiger partial charge in [0, 0.05) is 23.9 Å². The van der Waals surface area contributed by atoms with Crippen molar-refractivity contribution in [3.05, 3.63) is 56.4 Å². The summed E-state index contributed by atoms with van der Waals surface area (Å²) in [7, 11) is 0. The Bertz CT molecular complexity index is 493. The number of hydrogen-bond acceptors (Lipinski definition) is 3. The number of nitrogens with one attached hydrogen (secondary N) is 1. The fourth-order valence-electron chi connectivity index (χ4n) is 1.93. The van der Waals surface area contributed by atoms with Crippen molar-refractivity contribution in [3.8, 4) is 0 Å². The van der Waals surface area contributed by atoms with E-state index < -0.39 is 4.92 Å². The molecule has 1 aliphatic carbocycles. The Morgan fingerprint density at radius 2 is 2.35 bits per heavy atom. The molecule has 0 aromatic heterocycles. The van der Waals surface area contributed by atoms with Crippen LogP contribution in [-0.2, 0) is 0 Å². The molecule has 20 heavy (non-hydrogen) atoms. The number of nitrogens with zero attached hydrogens (tertiary/aromatic N) is 1. The molecule has 1 N–H and O–H groups in total. The van der Waals surface area contributed by atoms with E-state index in [9.17, 15) is 10.1 Å². The maximum atomic E-state index is 11.3. The van der Waals surface area contributed by atoms with E-state index in [-0.39, 0.29) is 16.6 Å². The van der Waals surface area contributed by atoms with Gasteiger partial charge >= 0.3 is 0 Å². The summed E-state index contributed by atoms with van der Waals surface area (Å²) in [5.74, 6) is 0.126. The molecule has 4 nitrogen and oxygen atoms in total. The number of alkyl halides is 1. The van der Waals surface area contributed by atoms with Gasteiger partial charge in [-0.2, -0.15) is 0 Å². The van der Waals surface area contributed by atoms with Crippen molar-refractivity contribution < 1.29 is 4.92 Å². The molecular formula is C14H18Cl2N2O2. The topological polar surface area (TPSA) is 55.2 Å². The van der Waals surface area contributed by atoms with Crippen LogP contribution in [-0.4, -0.2) is 17.3 Å². The molecule has 1 rings (SSSR count). The van der Waals surface area contributed by atoms with Gasteiger partial charge in [-0.1, -0.05) is 36.8 Å². The minimum absolute atomic E-state index is 0.0413. The minimum Gasteiger partial charge on any atom is -0.391 e. The van der Waals surface area contributed by atoms with Crippen LogP contribution in [0, 0.1) is 16.0 Å². The van der Waals surface area contributed by atoms with Crippen molar-refractivity contribution in [2.75, 3.05) is 12.4 Å². The van der Waals surface area contributed by atoms with Gasteiger partial charge in [0.15, 0.2) is 0 Å². The molecule has 0 bridgehead atoms. The van der Waals surface area contributed by atoms with E-state index in [4.69, 9.17) is 23.2 Å². The number of allylic oxidation sites excluding steroid dienone is 6. The van der Waals surface area contributed by atoms with Crippen LogP contribution in [0.2, 0.25) is 0 Å². The molecule has 6 heteroatoms. The summed E-state index contributed by atoms with van der Waals surface area (Å²) >= 11 is 12.0. The highest BCUT2D eigenvalue weighted by Gasteiger charge is 2.27. The Morgan fingerprint density at radius 1 is 1.65 bits per heavy atom. The number of rotatable bonds is 6. The third-order valence-corrected chi connectivity index (χ3v) is 3.72. The quantitative estimate of drug-likeness (QED) is 0.458. The van der Waals surface area contributed by atoms with Crippen LogP contribution >= 0.6 is 23.2 Å². The monoisotopic (exact) mass is 316 g/mol. The third-order valence-electron chi connectivity index (χ3n) is 3.08. The molecule has 0 aromatic rings. The highest BCUT2D eigenvalue weighted by molar-refractivity contribution is 6.31. The summed E-state index contributed by atoms with van der Waals surface area (Å²) in [6.07, 6.45) is 7.67. The Morgan fingerprint density at radius 3 is 2.90 bits per heavy atom. The van der Waals surface area contributed by atoms with Gasteiger partial charge in [0.2, 0.25) is 0 Å². The summed E-state index contributed by atoms with van der Waals surface area (Å²) in [4.78, 5) is 10.8. The molecule has 1 aliphatic rings. The van der Waals surface area contributed by atoms with E-state index >= 15 is 0 Å². The molecular weight excluding hydrogens is 299 g/mol. The van der Waals surface area contributed by atoms with Gasteiger partial charge in [-0.25, -0.2) is 0 Å². The van der Waals surface area contributed by atoms with Crippen molar-refractivity contribution in [1.29, 1.82) is 0 Å². The number of hydrogen-bond donors (Lipinski definition) is 1. The normalized spacial score (nSPS) is 17.6. The smallest absolute Gasteiger partial charge is 0.291 e. The van der Waals surface area contributed by atoms with Gasteiger partial charge in [-0.15, -0.1) is 11.6 Å². The molecule has 1 unspecified atom stereocenters. The SMILES string of the molecule is CCN/C=C(/CCl)C(C)C1=C([N+](=O)[O-])C(Cl)=CCC=C1. The van der Waals surface area contributed by atoms with Crippen LogP contribution in [0.3, 0.4) is 0 Å². The second kappa shape index (κ2) is 8.12. The second-order valence-electron chi connectivity index (χ2n) is 4.38. The molecule has 0 aliphatic heterocycles. The Labute approximate surface area is 129 Å². The Balaban J connectivity index is 3.26. The molecule has 0 heterocycles. The molecule has 0 saturated carbocycles. The molecule has 0 fully saturated rings. The van der Waals surface area contributed by atoms with E-state index in [0.717, 1.165) is 12.1 Å². The highest BCUT2D eigenvalue weighted by Crippen LogP contribution is 2.32. The van der Waals surface area contributed by atoms with Gasteiger partial charge in [0.05, 0.1) is 4.92 Å². The van der Waals surface area contributed by atoms with Crippen molar-refractivity contribution in [3.63, 3.8) is 0 Å². The van der Waals surface area contributed by atoms with Crippen LogP contribution in [0.5, 0.6) is 0 Å². The van der Waals surface area contributed by atoms with Crippen LogP contribution in [0.1, 0.15) is 20.3 Å². The first-order valence-electron chi connectivity index (χ1n) is 6.42. The van der Waals surface area contributed by atoms with E-state index in [2.05, 4.69) is 5.32 Å². The van der Waals surface area contributed by atoms with Crippen molar-refractivity contribution >= 4 is 23.2 Å². The fraction of sp³-hybridized carbons (Fsp3) is 0.429. The van der Waals surface area contributed by atoms with E-state index in [1.54, 1.807) is 12.2 Å². The second-order valence-corrected chi connectivity index (χ2v) is 5.06. The van der Waals surface area contributed by atoms with Gasteiger partial charge in [0.1, 0.15) is 5.03 Å². The van der Waals surface area contributed by atoms with Crippen LogP contribution in [0.15, 0.2) is 46.3 Å². The molecule has 0 aromatic carbocycles. The van der Waals surface area contributed by atoms with Gasteiger partial charge in [-0.3, -0.25) is 10.1 Å². The van der Waals surface area contributed by atoms with Gasteiger partial charge < -0.3 is 5.32 Å². The van der Waals surface area contributed by atoms with Crippen molar-refractivity contribution in [1.82, 2.24) is 5.32 Å². The van der Waals surface area contributed by atoms with Crippen LogP contribution < -0.4 is 5.32 Å². The summed E-state index contributed by atoms with van der Waals surface area (Å²) in [6, 6.07) is 0. The maximum absolute atomic E-state index is 11.3. The highest BCUT2D eigenvalue weighted by atomic mass is 35.5. The lowest BCUT2D eigenvalue weighted by molar-refractivity contribution is -0.421. The summed E-state index contributed by atoms with van der Waals surface area (Å²) in [5.41, 5.74) is 1.43. The molecule has 0 spiro atoms. The average molecular weight is 317 g/mol. The zero-order valence-electron chi connectivity index (χ0n) is 11.5. The largest absolute Gasteiger partial charge is 0.391 e. The molecule has 110 valence electrons. The van der Waals surface area contributed by atoms with Crippen LogP contribution in [0.25, 0.3) is 0 Å².